The molecule has 0 aliphatic carbocycles. The topological polar surface area (TPSA) is 114 Å². The second kappa shape index (κ2) is 11.7. The van der Waals surface area contributed by atoms with Gasteiger partial charge < -0.3 is 20.1 Å². The third-order valence-corrected chi connectivity index (χ3v) is 4.74. The van der Waals surface area contributed by atoms with Gasteiger partial charge in [0.2, 0.25) is 0 Å². The molecule has 3 N–H and O–H groups in total. The van der Waals surface area contributed by atoms with Crippen LogP contribution in [0, 0.1) is 0 Å². The van der Waals surface area contributed by atoms with Crippen LogP contribution >= 0.6 is 23.7 Å². The van der Waals surface area contributed by atoms with Gasteiger partial charge in [0.1, 0.15) is 11.5 Å². The Hall–Kier alpha value is -3.37. The smallest absolute Gasteiger partial charge is 0.270 e. The number of benzene rings is 1. The van der Waals surface area contributed by atoms with E-state index in [0.29, 0.717) is 35.3 Å². The van der Waals surface area contributed by atoms with Gasteiger partial charge in [-0.05, 0) is 30.3 Å². The lowest BCUT2D eigenvalue weighted by Gasteiger charge is -2.09. The van der Waals surface area contributed by atoms with E-state index in [-0.39, 0.29) is 29.9 Å². The predicted octanol–water partition coefficient (Wildman–Crippen LogP) is 3.07. The number of thiazole rings is 1. The first-order valence-corrected chi connectivity index (χ1v) is 9.90. The highest BCUT2D eigenvalue weighted by Crippen LogP contribution is 2.28. The molecule has 3 rings (SSSR count). The molecule has 11 heteroatoms. The van der Waals surface area contributed by atoms with Gasteiger partial charge in [-0.2, -0.15) is 0 Å². The van der Waals surface area contributed by atoms with E-state index < -0.39 is 0 Å². The summed E-state index contributed by atoms with van der Waals surface area (Å²) >= 11 is 1.17. The van der Waals surface area contributed by atoms with Crippen molar-refractivity contribution < 1.29 is 19.1 Å². The van der Waals surface area contributed by atoms with Crippen LogP contribution in [0.2, 0.25) is 0 Å². The number of amides is 2. The highest BCUT2D eigenvalue weighted by atomic mass is 35.5. The number of pyridine rings is 1. The summed E-state index contributed by atoms with van der Waals surface area (Å²) < 4.78 is 10.4. The average molecular weight is 464 g/mol. The van der Waals surface area contributed by atoms with E-state index >= 15 is 0 Å². The lowest BCUT2D eigenvalue weighted by Crippen LogP contribution is -2.29. The molecule has 9 nitrogen and oxygen atoms in total. The fraction of sp³-hybridized carbons (Fsp3) is 0.200. The minimum absolute atomic E-state index is 0. The van der Waals surface area contributed by atoms with Crippen molar-refractivity contribution in [3.8, 4) is 11.5 Å². The predicted molar refractivity (Wildman–Crippen MR) is 122 cm³/mol. The van der Waals surface area contributed by atoms with Gasteiger partial charge in [-0.1, -0.05) is 6.07 Å². The lowest BCUT2D eigenvalue weighted by atomic mass is 10.2. The van der Waals surface area contributed by atoms with Gasteiger partial charge in [-0.25, -0.2) is 9.97 Å². The summed E-state index contributed by atoms with van der Waals surface area (Å²) in [6.07, 6.45) is 1.69. The Balaban J connectivity index is 0.00000341. The zero-order valence-electron chi connectivity index (χ0n) is 16.9. The first-order valence-electron chi connectivity index (χ1n) is 9.02. The number of carbonyl (C=O) groups excluding carboxylic acids is 2. The molecule has 0 radical (unpaired) electrons. The molecule has 2 heterocycles. The van der Waals surface area contributed by atoms with Crippen molar-refractivity contribution in [1.29, 1.82) is 0 Å². The Morgan fingerprint density at radius 1 is 1.03 bits per heavy atom. The Labute approximate surface area is 189 Å². The summed E-state index contributed by atoms with van der Waals surface area (Å²) in [6.45, 7) is 0.927. The summed E-state index contributed by atoms with van der Waals surface area (Å²) in [5, 5.41) is 10.5. The third kappa shape index (κ3) is 6.56. The first-order chi connectivity index (χ1) is 14.6. The standard InChI is InChI=1S/C20H21N5O4S.ClH/c1-28-15-7-6-13(11-16(15)29-2)18(26)25-20-24-14(12-30-20)19(27)23-10-9-22-17-5-3-4-8-21-17;/h3-8,11-12H,9-10H2,1-2H3,(H,21,22)(H,23,27)(H,24,25,26);1H. The quantitative estimate of drug-likeness (QED) is 0.418. The highest BCUT2D eigenvalue weighted by Gasteiger charge is 2.15. The molecule has 1 aromatic carbocycles. The number of hydrogen-bond acceptors (Lipinski definition) is 8. The van der Waals surface area contributed by atoms with Gasteiger partial charge in [-0.15, -0.1) is 23.7 Å². The van der Waals surface area contributed by atoms with Crippen LogP contribution in [-0.2, 0) is 0 Å². The minimum Gasteiger partial charge on any atom is -0.493 e. The van der Waals surface area contributed by atoms with Crippen LogP contribution in [0.5, 0.6) is 11.5 Å². The van der Waals surface area contributed by atoms with Gasteiger partial charge in [0.15, 0.2) is 16.6 Å². The molecule has 2 aromatic heterocycles. The molecule has 0 aliphatic rings. The number of rotatable bonds is 9. The summed E-state index contributed by atoms with van der Waals surface area (Å²) in [4.78, 5) is 33.0. The average Bonchev–Trinajstić information content (AvgIpc) is 3.25. The van der Waals surface area contributed by atoms with Crippen LogP contribution in [-0.4, -0.2) is 49.1 Å². The van der Waals surface area contributed by atoms with E-state index in [1.807, 2.05) is 18.2 Å². The molecule has 2 amide bonds. The zero-order valence-corrected chi connectivity index (χ0v) is 18.5. The third-order valence-electron chi connectivity index (χ3n) is 3.98. The van der Waals surface area contributed by atoms with Crippen molar-refractivity contribution in [1.82, 2.24) is 15.3 Å². The van der Waals surface area contributed by atoms with E-state index in [4.69, 9.17) is 9.47 Å². The molecule has 0 fully saturated rings. The highest BCUT2D eigenvalue weighted by molar-refractivity contribution is 7.14. The second-order valence-electron chi connectivity index (χ2n) is 5.96. The molecule has 0 saturated heterocycles. The summed E-state index contributed by atoms with van der Waals surface area (Å²) in [7, 11) is 3.02. The molecule has 0 bridgehead atoms. The van der Waals surface area contributed by atoms with Gasteiger partial charge >= 0.3 is 0 Å². The molecule has 0 aliphatic heterocycles. The van der Waals surface area contributed by atoms with Gasteiger partial charge in [0.05, 0.1) is 14.2 Å². The fourth-order valence-electron chi connectivity index (χ4n) is 2.51. The number of nitrogens with zero attached hydrogens (tertiary/aromatic N) is 2. The molecule has 0 atom stereocenters. The Morgan fingerprint density at radius 2 is 1.84 bits per heavy atom. The van der Waals surface area contributed by atoms with Crippen LogP contribution in [0.25, 0.3) is 0 Å². The van der Waals surface area contributed by atoms with Crippen LogP contribution < -0.4 is 25.4 Å². The Bertz CT molecular complexity index is 1020. The first kappa shape index (κ1) is 23.9. The van der Waals surface area contributed by atoms with E-state index in [0.717, 1.165) is 5.82 Å². The normalized spacial score (nSPS) is 9.87. The van der Waals surface area contributed by atoms with Crippen LogP contribution in [0.1, 0.15) is 20.8 Å². The molecular weight excluding hydrogens is 442 g/mol. The largest absolute Gasteiger partial charge is 0.493 e. The maximum Gasteiger partial charge on any atom is 0.270 e. The van der Waals surface area contributed by atoms with Crippen LogP contribution in [0.4, 0.5) is 10.9 Å². The Morgan fingerprint density at radius 3 is 2.55 bits per heavy atom. The molecular formula is C20H22ClN5O4S. The molecule has 0 spiro atoms. The van der Waals surface area contributed by atoms with E-state index in [1.165, 1.54) is 25.6 Å². The zero-order chi connectivity index (χ0) is 21.3. The number of aromatic nitrogens is 2. The van der Waals surface area contributed by atoms with Crippen molar-refractivity contribution in [3.05, 3.63) is 59.2 Å². The van der Waals surface area contributed by atoms with Crippen LogP contribution in [0.3, 0.4) is 0 Å². The minimum atomic E-state index is -0.364. The Kier molecular flexibility index (Phi) is 9.04. The lowest BCUT2D eigenvalue weighted by molar-refractivity contribution is 0.0949. The molecule has 0 unspecified atom stereocenters. The van der Waals surface area contributed by atoms with Gasteiger partial charge in [0.25, 0.3) is 11.8 Å². The number of carbonyl (C=O) groups is 2. The number of hydrogen-bond donors (Lipinski definition) is 3. The van der Waals surface area contributed by atoms with Gasteiger partial charge in [-0.3, -0.25) is 14.9 Å². The molecule has 164 valence electrons. The van der Waals surface area contributed by atoms with Crippen molar-refractivity contribution in [3.63, 3.8) is 0 Å². The maximum atomic E-state index is 12.5. The monoisotopic (exact) mass is 463 g/mol. The number of nitrogens with one attached hydrogen (secondary N) is 3. The van der Waals surface area contributed by atoms with Gasteiger partial charge in [0, 0.05) is 30.2 Å². The van der Waals surface area contributed by atoms with Crippen molar-refractivity contribution in [2.24, 2.45) is 0 Å². The summed E-state index contributed by atoms with van der Waals surface area (Å²) in [6, 6.07) is 10.4. The SMILES string of the molecule is COc1ccc(C(=O)Nc2nc(C(=O)NCCNc3ccccn3)cs2)cc1OC.Cl. The number of methoxy groups -OCH3 is 2. The molecule has 31 heavy (non-hydrogen) atoms. The van der Waals surface area contributed by atoms with E-state index in [9.17, 15) is 9.59 Å². The van der Waals surface area contributed by atoms with Crippen molar-refractivity contribution in [2.45, 2.75) is 0 Å². The molecule has 3 aromatic rings. The number of ether oxygens (including phenoxy) is 2. The van der Waals surface area contributed by atoms with Crippen molar-refractivity contribution in [2.75, 3.05) is 37.9 Å². The molecule has 0 saturated carbocycles. The maximum absolute atomic E-state index is 12.5. The van der Waals surface area contributed by atoms with Crippen LogP contribution in [0.15, 0.2) is 48.0 Å². The summed E-state index contributed by atoms with van der Waals surface area (Å²) in [5.74, 6) is 1.03. The van der Waals surface area contributed by atoms with E-state index in [1.54, 1.807) is 29.8 Å². The fourth-order valence-corrected chi connectivity index (χ4v) is 3.19. The second-order valence-corrected chi connectivity index (χ2v) is 6.82. The van der Waals surface area contributed by atoms with Crippen molar-refractivity contribution >= 4 is 46.5 Å². The van der Waals surface area contributed by atoms with E-state index in [2.05, 4.69) is 25.9 Å². The summed E-state index contributed by atoms with van der Waals surface area (Å²) in [5.41, 5.74) is 0.620. The number of halogens is 1. The number of anilines is 2.